The highest BCUT2D eigenvalue weighted by molar-refractivity contribution is 5.80. The van der Waals surface area contributed by atoms with Crippen LogP contribution in [0.3, 0.4) is 0 Å². The van der Waals surface area contributed by atoms with Gasteiger partial charge in [-0.3, -0.25) is 4.79 Å². The van der Waals surface area contributed by atoms with Crippen LogP contribution < -0.4 is 5.32 Å². The van der Waals surface area contributed by atoms with Gasteiger partial charge in [0.05, 0.1) is 11.6 Å². The molecule has 2 heterocycles. The summed E-state index contributed by atoms with van der Waals surface area (Å²) in [4.78, 5) is 17.1. The smallest absolute Gasteiger partial charge is 0.364 e. The maximum Gasteiger partial charge on any atom is 0.433 e. The number of nitrogens with zero attached hydrogens (tertiary/aromatic N) is 3. The number of carbonyl (C=O) groups excluding carboxylic acids is 1. The van der Waals surface area contributed by atoms with Gasteiger partial charge in [0.15, 0.2) is 0 Å². The number of anilines is 1. The Labute approximate surface area is 124 Å². The van der Waals surface area contributed by atoms with E-state index in [2.05, 4.69) is 10.3 Å². The number of alkyl halides is 3. The second-order valence-corrected chi connectivity index (χ2v) is 5.52. The monoisotopic (exact) mass is 310 g/mol. The molecule has 1 atom stereocenters. The van der Waals surface area contributed by atoms with Crippen molar-refractivity contribution in [1.82, 2.24) is 9.88 Å². The summed E-state index contributed by atoms with van der Waals surface area (Å²) >= 11 is 0. The van der Waals surface area contributed by atoms with Gasteiger partial charge in [0, 0.05) is 19.0 Å². The highest BCUT2D eigenvalue weighted by Crippen LogP contribution is 2.32. The number of halogens is 3. The molecule has 1 amide bonds. The highest BCUT2D eigenvalue weighted by atomic mass is 19.4. The Kier molecular flexibility index (Phi) is 3.43. The quantitative estimate of drug-likeness (QED) is 0.929. The van der Waals surface area contributed by atoms with Gasteiger partial charge in [-0.15, -0.1) is 0 Å². The van der Waals surface area contributed by atoms with E-state index in [4.69, 9.17) is 5.26 Å². The van der Waals surface area contributed by atoms with Gasteiger partial charge < -0.3 is 10.2 Å². The van der Waals surface area contributed by atoms with Gasteiger partial charge in [-0.1, -0.05) is 0 Å². The Morgan fingerprint density at radius 1 is 1.36 bits per heavy atom. The molecule has 1 aliphatic heterocycles. The first-order chi connectivity index (χ1) is 10.4. The average Bonchev–Trinajstić information content (AvgIpc) is 3.22. The summed E-state index contributed by atoms with van der Waals surface area (Å²) in [6.07, 6.45) is -2.41. The van der Waals surface area contributed by atoms with Crippen molar-refractivity contribution in [2.75, 3.05) is 11.9 Å². The SMILES string of the molecule is N#Cc1ccc(C(F)(F)F)nc1NC1CC(=O)N(C2CC2)C1. The van der Waals surface area contributed by atoms with Crippen molar-refractivity contribution in [2.45, 2.75) is 37.5 Å². The third-order valence-electron chi connectivity index (χ3n) is 3.79. The maximum atomic E-state index is 12.7. The zero-order valence-corrected chi connectivity index (χ0v) is 11.5. The normalized spacial score (nSPS) is 21.8. The Balaban J connectivity index is 1.79. The van der Waals surface area contributed by atoms with E-state index in [0.717, 1.165) is 25.0 Å². The zero-order valence-electron chi connectivity index (χ0n) is 11.5. The number of likely N-dealkylation sites (tertiary alicyclic amines) is 1. The number of rotatable bonds is 3. The number of hydrogen-bond acceptors (Lipinski definition) is 4. The van der Waals surface area contributed by atoms with Gasteiger partial charge in [-0.2, -0.15) is 18.4 Å². The molecule has 2 fully saturated rings. The van der Waals surface area contributed by atoms with Gasteiger partial charge in [0.25, 0.3) is 0 Å². The van der Waals surface area contributed by atoms with E-state index < -0.39 is 11.9 Å². The summed E-state index contributed by atoms with van der Waals surface area (Å²) in [5.74, 6) is -0.127. The van der Waals surface area contributed by atoms with Gasteiger partial charge in [0.1, 0.15) is 17.6 Å². The van der Waals surface area contributed by atoms with Crippen LogP contribution in [0.25, 0.3) is 0 Å². The molecule has 0 bridgehead atoms. The fourth-order valence-electron chi connectivity index (χ4n) is 2.58. The van der Waals surface area contributed by atoms with E-state index >= 15 is 0 Å². The molecule has 1 N–H and O–H groups in total. The molecule has 1 unspecified atom stereocenters. The van der Waals surface area contributed by atoms with Gasteiger partial charge in [0.2, 0.25) is 5.91 Å². The number of hydrogen-bond donors (Lipinski definition) is 1. The fraction of sp³-hybridized carbons (Fsp3) is 0.500. The van der Waals surface area contributed by atoms with Crippen molar-refractivity contribution in [3.63, 3.8) is 0 Å². The molecule has 116 valence electrons. The first-order valence-electron chi connectivity index (χ1n) is 6.93. The lowest BCUT2D eigenvalue weighted by Crippen LogP contribution is -2.30. The second kappa shape index (κ2) is 5.16. The molecule has 0 aromatic carbocycles. The zero-order chi connectivity index (χ0) is 15.9. The summed E-state index contributed by atoms with van der Waals surface area (Å²) in [6.45, 7) is 0.437. The van der Waals surface area contributed by atoms with Gasteiger partial charge in [-0.25, -0.2) is 4.98 Å². The maximum absolute atomic E-state index is 12.7. The summed E-state index contributed by atoms with van der Waals surface area (Å²) in [5, 5.41) is 11.8. The molecule has 3 rings (SSSR count). The van der Waals surface area contributed by atoms with E-state index in [1.807, 2.05) is 6.07 Å². The minimum Gasteiger partial charge on any atom is -0.364 e. The van der Waals surface area contributed by atoms with Gasteiger partial charge in [-0.05, 0) is 25.0 Å². The topological polar surface area (TPSA) is 69.0 Å². The minimum atomic E-state index is -4.57. The van der Waals surface area contributed by atoms with Crippen molar-refractivity contribution in [1.29, 1.82) is 5.26 Å². The largest absolute Gasteiger partial charge is 0.433 e. The van der Waals surface area contributed by atoms with Crippen LogP contribution in [0.1, 0.15) is 30.5 Å². The number of nitrogens with one attached hydrogen (secondary N) is 1. The number of nitriles is 1. The highest BCUT2D eigenvalue weighted by Gasteiger charge is 2.40. The molecule has 0 radical (unpaired) electrons. The van der Waals surface area contributed by atoms with E-state index in [1.54, 1.807) is 4.90 Å². The van der Waals surface area contributed by atoms with Crippen molar-refractivity contribution in [2.24, 2.45) is 0 Å². The lowest BCUT2D eigenvalue weighted by Gasteiger charge is -2.17. The van der Waals surface area contributed by atoms with E-state index in [-0.39, 0.29) is 35.8 Å². The average molecular weight is 310 g/mol. The number of amides is 1. The lowest BCUT2D eigenvalue weighted by molar-refractivity contribution is -0.141. The Morgan fingerprint density at radius 2 is 2.09 bits per heavy atom. The molecule has 1 saturated carbocycles. The first-order valence-corrected chi connectivity index (χ1v) is 6.93. The predicted octanol–water partition coefficient (Wildman–Crippen LogP) is 2.15. The first kappa shape index (κ1) is 14.6. The molecular weight excluding hydrogens is 297 g/mol. The van der Waals surface area contributed by atoms with Crippen molar-refractivity contribution < 1.29 is 18.0 Å². The minimum absolute atomic E-state index is 0.00881. The van der Waals surface area contributed by atoms with Crippen LogP contribution in [0, 0.1) is 11.3 Å². The van der Waals surface area contributed by atoms with Crippen molar-refractivity contribution in [3.8, 4) is 6.07 Å². The van der Waals surface area contributed by atoms with Crippen molar-refractivity contribution in [3.05, 3.63) is 23.4 Å². The van der Waals surface area contributed by atoms with Crippen LogP contribution >= 0.6 is 0 Å². The predicted molar refractivity (Wildman–Crippen MR) is 70.7 cm³/mol. The molecule has 1 aromatic rings. The second-order valence-electron chi connectivity index (χ2n) is 5.52. The Bertz CT molecular complexity index is 648. The summed E-state index contributed by atoms with van der Waals surface area (Å²) in [5.41, 5.74) is -1.03. The summed E-state index contributed by atoms with van der Waals surface area (Å²) in [7, 11) is 0. The van der Waals surface area contributed by atoms with Gasteiger partial charge >= 0.3 is 6.18 Å². The van der Waals surface area contributed by atoms with E-state index in [9.17, 15) is 18.0 Å². The third-order valence-corrected chi connectivity index (χ3v) is 3.79. The van der Waals surface area contributed by atoms with E-state index in [1.165, 1.54) is 0 Å². The van der Waals surface area contributed by atoms with Crippen LogP contribution in [0.15, 0.2) is 12.1 Å². The third kappa shape index (κ3) is 2.84. The molecule has 0 spiro atoms. The van der Waals surface area contributed by atoms with Crippen LogP contribution in [-0.2, 0) is 11.0 Å². The molecular formula is C14H13F3N4O. The fourth-order valence-corrected chi connectivity index (χ4v) is 2.58. The molecule has 1 aliphatic carbocycles. The molecule has 5 nitrogen and oxygen atoms in total. The molecule has 1 aromatic heterocycles. The van der Waals surface area contributed by atoms with Crippen molar-refractivity contribution >= 4 is 11.7 Å². The number of pyridine rings is 1. The Hall–Kier alpha value is -2.30. The van der Waals surface area contributed by atoms with Crippen LogP contribution in [0.4, 0.5) is 19.0 Å². The number of carbonyl (C=O) groups is 1. The summed E-state index contributed by atoms with van der Waals surface area (Å²) in [6, 6.07) is 3.63. The standard InChI is InChI=1S/C14H13F3N4O/c15-14(16,17)11-4-1-8(6-18)13(20-11)19-9-5-12(22)21(7-9)10-2-3-10/h1,4,9-10H,2-3,5,7H2,(H,19,20). The van der Waals surface area contributed by atoms with Crippen LogP contribution in [0.2, 0.25) is 0 Å². The summed E-state index contributed by atoms with van der Waals surface area (Å²) < 4.78 is 38.2. The lowest BCUT2D eigenvalue weighted by atomic mass is 10.2. The number of aromatic nitrogens is 1. The van der Waals surface area contributed by atoms with Crippen LogP contribution in [0.5, 0.6) is 0 Å². The molecule has 1 saturated heterocycles. The van der Waals surface area contributed by atoms with E-state index in [0.29, 0.717) is 6.54 Å². The molecule has 22 heavy (non-hydrogen) atoms. The Morgan fingerprint density at radius 3 is 2.68 bits per heavy atom. The molecule has 8 heteroatoms. The molecule has 2 aliphatic rings. The van der Waals surface area contributed by atoms with Crippen LogP contribution in [-0.4, -0.2) is 34.4 Å².